The highest BCUT2D eigenvalue weighted by atomic mass is 32.2. The largest absolute Gasteiger partial charge is 0.452 e. The molecule has 1 aliphatic heterocycles. The molecule has 0 bridgehead atoms. The molecule has 0 aliphatic carbocycles. The fourth-order valence-electron chi connectivity index (χ4n) is 3.43. The molecule has 2 amide bonds. The van der Waals surface area contributed by atoms with Crippen LogP contribution in [0.2, 0.25) is 0 Å². The summed E-state index contributed by atoms with van der Waals surface area (Å²) in [5.41, 5.74) is 2.12. The number of anilines is 2. The molecule has 2 aromatic carbocycles. The second-order valence-corrected chi connectivity index (χ2v) is 10.1. The molecule has 2 N–H and O–H groups in total. The van der Waals surface area contributed by atoms with E-state index in [1.807, 2.05) is 13.8 Å². The smallest absolute Gasteiger partial charge is 0.338 e. The number of carbonyl (C=O) groups is 3. The predicted molar refractivity (Wildman–Crippen MR) is 125 cm³/mol. The molecule has 0 fully saturated rings. The number of sulfonamides is 1. The Morgan fingerprint density at radius 3 is 2.55 bits per heavy atom. The van der Waals surface area contributed by atoms with Crippen LogP contribution in [0.15, 0.2) is 42.5 Å². The third-order valence-corrected chi connectivity index (χ3v) is 6.20. The van der Waals surface area contributed by atoms with E-state index in [1.165, 1.54) is 10.4 Å². The van der Waals surface area contributed by atoms with E-state index in [1.54, 1.807) is 36.4 Å². The minimum atomic E-state index is -3.38. The highest BCUT2D eigenvalue weighted by Gasteiger charge is 2.27. The lowest BCUT2D eigenvalue weighted by atomic mass is 10.1. The summed E-state index contributed by atoms with van der Waals surface area (Å²) in [7, 11) is -3.38. The lowest BCUT2D eigenvalue weighted by Crippen LogP contribution is -2.29. The maximum absolute atomic E-state index is 12.4. The fourth-order valence-corrected chi connectivity index (χ4v) is 4.38. The van der Waals surface area contributed by atoms with Gasteiger partial charge in [-0.25, -0.2) is 13.2 Å². The molecule has 176 valence electrons. The number of rotatable bonds is 8. The number of amides is 2. The van der Waals surface area contributed by atoms with E-state index in [0.717, 1.165) is 11.8 Å². The van der Waals surface area contributed by atoms with Crippen LogP contribution in [0, 0.1) is 5.92 Å². The first-order valence-corrected chi connectivity index (χ1v) is 12.4. The predicted octanol–water partition coefficient (Wildman–Crippen LogP) is 2.19. The number of nitrogens with zero attached hydrogens (tertiary/aromatic N) is 1. The standard InChI is InChI=1S/C23H27N3O6S/c1-15(2)13-24-22(28)18-6-4-5-7-19(18)25-21(27)14-32-23(29)17-8-9-20-16(12-17)10-11-26(20)33(3,30)31/h4-9,12,15H,10-11,13-14H2,1-3H3,(H,24,28)(H,25,27). The molecular weight excluding hydrogens is 446 g/mol. The maximum Gasteiger partial charge on any atom is 0.338 e. The Labute approximate surface area is 193 Å². The van der Waals surface area contributed by atoms with Crippen LogP contribution in [-0.4, -0.2) is 52.2 Å². The molecule has 0 radical (unpaired) electrons. The summed E-state index contributed by atoms with van der Waals surface area (Å²) >= 11 is 0. The number of carbonyl (C=O) groups excluding carboxylic acids is 3. The molecule has 0 saturated carbocycles. The number of para-hydroxylation sites is 1. The van der Waals surface area contributed by atoms with Crippen molar-refractivity contribution in [3.8, 4) is 0 Å². The van der Waals surface area contributed by atoms with E-state index >= 15 is 0 Å². The molecule has 1 aliphatic rings. The summed E-state index contributed by atoms with van der Waals surface area (Å²) in [6, 6.07) is 11.2. The lowest BCUT2D eigenvalue weighted by Gasteiger charge is -2.16. The van der Waals surface area contributed by atoms with Gasteiger partial charge in [0.15, 0.2) is 6.61 Å². The van der Waals surface area contributed by atoms with Gasteiger partial charge in [0.25, 0.3) is 11.8 Å². The molecular formula is C23H27N3O6S. The third-order valence-electron chi connectivity index (χ3n) is 5.02. The average Bonchev–Trinajstić information content (AvgIpc) is 3.20. The van der Waals surface area contributed by atoms with Crippen LogP contribution in [0.5, 0.6) is 0 Å². The van der Waals surface area contributed by atoms with Gasteiger partial charge in [0, 0.05) is 13.1 Å². The van der Waals surface area contributed by atoms with Gasteiger partial charge in [-0.3, -0.25) is 13.9 Å². The monoisotopic (exact) mass is 473 g/mol. The number of hydrogen-bond donors (Lipinski definition) is 2. The van der Waals surface area contributed by atoms with Gasteiger partial charge in [-0.05, 0) is 48.2 Å². The molecule has 10 heteroatoms. The molecule has 0 unspecified atom stereocenters. The fraction of sp³-hybridized carbons (Fsp3) is 0.348. The van der Waals surface area contributed by atoms with Gasteiger partial charge in [0.1, 0.15) is 0 Å². The first-order chi connectivity index (χ1) is 15.6. The van der Waals surface area contributed by atoms with Crippen molar-refractivity contribution >= 4 is 39.2 Å². The van der Waals surface area contributed by atoms with Crippen LogP contribution in [0.3, 0.4) is 0 Å². The molecule has 2 aromatic rings. The highest BCUT2D eigenvalue weighted by molar-refractivity contribution is 7.92. The normalized spacial score (nSPS) is 12.9. The summed E-state index contributed by atoms with van der Waals surface area (Å²) in [5, 5.41) is 5.40. The maximum atomic E-state index is 12.4. The van der Waals surface area contributed by atoms with E-state index in [9.17, 15) is 22.8 Å². The number of benzene rings is 2. The van der Waals surface area contributed by atoms with E-state index < -0.39 is 28.5 Å². The quantitative estimate of drug-likeness (QED) is 0.567. The molecule has 0 spiro atoms. The van der Waals surface area contributed by atoms with Crippen LogP contribution in [0.1, 0.15) is 40.1 Å². The van der Waals surface area contributed by atoms with E-state index in [0.29, 0.717) is 36.4 Å². The average molecular weight is 474 g/mol. The summed E-state index contributed by atoms with van der Waals surface area (Å²) in [6.07, 6.45) is 1.62. The number of hydrogen-bond acceptors (Lipinski definition) is 6. The van der Waals surface area contributed by atoms with Crippen molar-refractivity contribution < 1.29 is 27.5 Å². The van der Waals surface area contributed by atoms with Crippen LogP contribution in [-0.2, 0) is 26.0 Å². The number of fused-ring (bicyclic) bond motifs is 1. The number of ether oxygens (including phenoxy) is 1. The summed E-state index contributed by atoms with van der Waals surface area (Å²) in [5.74, 6) is -1.31. The third kappa shape index (κ3) is 6.10. The van der Waals surface area contributed by atoms with Crippen molar-refractivity contribution in [1.29, 1.82) is 0 Å². The van der Waals surface area contributed by atoms with Crippen LogP contribution >= 0.6 is 0 Å². The number of nitrogens with one attached hydrogen (secondary N) is 2. The topological polar surface area (TPSA) is 122 Å². The molecule has 9 nitrogen and oxygen atoms in total. The van der Waals surface area contributed by atoms with Crippen molar-refractivity contribution in [2.45, 2.75) is 20.3 Å². The first kappa shape index (κ1) is 24.2. The number of esters is 1. The Bertz CT molecular complexity index is 1180. The van der Waals surface area contributed by atoms with Crippen LogP contribution in [0.4, 0.5) is 11.4 Å². The van der Waals surface area contributed by atoms with Crippen molar-refractivity contribution in [2.75, 3.05) is 35.6 Å². The molecule has 0 aromatic heterocycles. The molecule has 3 rings (SSSR count). The first-order valence-electron chi connectivity index (χ1n) is 10.5. The SMILES string of the molecule is CC(C)CNC(=O)c1ccccc1NC(=O)COC(=O)c1ccc2c(c1)CCN2S(C)(=O)=O. The van der Waals surface area contributed by atoms with Crippen LogP contribution in [0.25, 0.3) is 0 Å². The Morgan fingerprint density at radius 2 is 1.85 bits per heavy atom. The van der Waals surface area contributed by atoms with Gasteiger partial charge in [0.05, 0.1) is 28.8 Å². The highest BCUT2D eigenvalue weighted by Crippen LogP contribution is 2.30. The van der Waals surface area contributed by atoms with Gasteiger partial charge in [0.2, 0.25) is 10.0 Å². The van der Waals surface area contributed by atoms with Gasteiger partial charge >= 0.3 is 5.97 Å². The van der Waals surface area contributed by atoms with Crippen molar-refractivity contribution in [1.82, 2.24) is 5.32 Å². The molecule has 1 heterocycles. The minimum Gasteiger partial charge on any atom is -0.452 e. The lowest BCUT2D eigenvalue weighted by molar-refractivity contribution is -0.119. The van der Waals surface area contributed by atoms with Crippen molar-refractivity contribution in [3.05, 3.63) is 59.2 Å². The Hall–Kier alpha value is -3.40. The zero-order chi connectivity index (χ0) is 24.2. The minimum absolute atomic E-state index is 0.227. The Morgan fingerprint density at radius 1 is 1.12 bits per heavy atom. The van der Waals surface area contributed by atoms with Crippen molar-refractivity contribution in [3.63, 3.8) is 0 Å². The molecule has 33 heavy (non-hydrogen) atoms. The van der Waals surface area contributed by atoms with Gasteiger partial charge in [-0.2, -0.15) is 0 Å². The summed E-state index contributed by atoms with van der Waals surface area (Å²) in [6.45, 7) is 4.24. The van der Waals surface area contributed by atoms with Crippen LogP contribution < -0.4 is 14.9 Å². The summed E-state index contributed by atoms with van der Waals surface area (Å²) in [4.78, 5) is 37.1. The second kappa shape index (κ2) is 10.0. The second-order valence-electron chi connectivity index (χ2n) is 8.20. The Kier molecular flexibility index (Phi) is 7.37. The van der Waals surface area contributed by atoms with Gasteiger partial charge < -0.3 is 15.4 Å². The molecule has 0 saturated heterocycles. The van der Waals surface area contributed by atoms with Gasteiger partial charge in [-0.15, -0.1) is 0 Å². The molecule has 0 atom stereocenters. The zero-order valence-electron chi connectivity index (χ0n) is 18.8. The van der Waals surface area contributed by atoms with E-state index in [-0.39, 0.29) is 17.4 Å². The zero-order valence-corrected chi connectivity index (χ0v) is 19.6. The summed E-state index contributed by atoms with van der Waals surface area (Å²) < 4.78 is 30.1. The Balaban J connectivity index is 1.60. The van der Waals surface area contributed by atoms with E-state index in [4.69, 9.17) is 4.74 Å². The van der Waals surface area contributed by atoms with E-state index in [2.05, 4.69) is 10.6 Å². The van der Waals surface area contributed by atoms with Crippen molar-refractivity contribution in [2.24, 2.45) is 5.92 Å². The van der Waals surface area contributed by atoms with Gasteiger partial charge in [-0.1, -0.05) is 26.0 Å².